The van der Waals surface area contributed by atoms with Crippen LogP contribution in [0.25, 0.3) is 0 Å². The van der Waals surface area contributed by atoms with E-state index < -0.39 is 0 Å². The zero-order valence-corrected chi connectivity index (χ0v) is 15.9. The summed E-state index contributed by atoms with van der Waals surface area (Å²) in [5.74, 6) is 2.07. The maximum absolute atomic E-state index is 12.3. The second-order valence-corrected chi connectivity index (χ2v) is 8.62. The molecule has 2 bridgehead atoms. The fourth-order valence-corrected chi connectivity index (χ4v) is 5.47. The van der Waals surface area contributed by atoms with Gasteiger partial charge in [0.2, 0.25) is 0 Å². The lowest BCUT2D eigenvalue weighted by atomic mass is 9.73. The Balaban J connectivity index is 1.23. The third kappa shape index (κ3) is 4.31. The van der Waals surface area contributed by atoms with Crippen LogP contribution in [0.3, 0.4) is 0 Å². The Morgan fingerprint density at radius 1 is 1.04 bits per heavy atom. The SMILES string of the molecule is O=C(CCC[C@@H]1CCCC[C@@H]1c1ccccc1)O[C@H]1CN2CCC1CC2. The van der Waals surface area contributed by atoms with Gasteiger partial charge in [0.05, 0.1) is 0 Å². The molecule has 3 aliphatic heterocycles. The van der Waals surface area contributed by atoms with Gasteiger partial charge in [-0.15, -0.1) is 0 Å². The van der Waals surface area contributed by atoms with Crippen LogP contribution in [-0.2, 0) is 9.53 Å². The fourth-order valence-electron chi connectivity index (χ4n) is 5.47. The van der Waals surface area contributed by atoms with Crippen LogP contribution in [0.5, 0.6) is 0 Å². The lowest BCUT2D eigenvalue weighted by molar-refractivity contribution is -0.159. The minimum absolute atomic E-state index is 0.0378. The number of rotatable bonds is 6. The summed E-state index contributed by atoms with van der Waals surface area (Å²) in [6.45, 7) is 3.36. The molecule has 3 heteroatoms. The molecule has 5 rings (SSSR count). The van der Waals surface area contributed by atoms with Crippen LogP contribution in [0.1, 0.15) is 69.3 Å². The van der Waals surface area contributed by atoms with Gasteiger partial charge in [-0.25, -0.2) is 0 Å². The number of carbonyl (C=O) groups is 1. The quantitative estimate of drug-likeness (QED) is 0.689. The Bertz CT molecular complexity index is 579. The number of benzene rings is 1. The second kappa shape index (κ2) is 8.56. The van der Waals surface area contributed by atoms with Crippen LogP contribution in [0, 0.1) is 11.8 Å². The van der Waals surface area contributed by atoms with E-state index in [4.69, 9.17) is 4.74 Å². The van der Waals surface area contributed by atoms with Gasteiger partial charge in [0.25, 0.3) is 0 Å². The molecule has 4 aliphatic rings. The van der Waals surface area contributed by atoms with Gasteiger partial charge < -0.3 is 4.74 Å². The molecule has 0 unspecified atom stereocenters. The molecule has 3 nitrogen and oxygen atoms in total. The summed E-state index contributed by atoms with van der Waals surface area (Å²) in [4.78, 5) is 14.8. The van der Waals surface area contributed by atoms with Crippen LogP contribution >= 0.6 is 0 Å². The highest BCUT2D eigenvalue weighted by molar-refractivity contribution is 5.69. The predicted molar refractivity (Wildman–Crippen MR) is 104 cm³/mol. The van der Waals surface area contributed by atoms with Gasteiger partial charge in [-0.1, -0.05) is 43.2 Å². The highest BCUT2D eigenvalue weighted by Crippen LogP contribution is 2.40. The third-order valence-electron chi connectivity index (χ3n) is 6.97. The number of ether oxygens (including phenoxy) is 1. The molecule has 3 saturated heterocycles. The molecule has 3 atom stereocenters. The average molecular weight is 356 g/mol. The zero-order valence-electron chi connectivity index (χ0n) is 15.9. The Kier molecular flexibility index (Phi) is 5.94. The van der Waals surface area contributed by atoms with Crippen molar-refractivity contribution in [2.24, 2.45) is 11.8 Å². The van der Waals surface area contributed by atoms with Crippen molar-refractivity contribution in [2.75, 3.05) is 19.6 Å². The Morgan fingerprint density at radius 2 is 1.81 bits per heavy atom. The average Bonchev–Trinajstić information content (AvgIpc) is 2.70. The first-order valence-electron chi connectivity index (χ1n) is 10.8. The summed E-state index contributed by atoms with van der Waals surface area (Å²) >= 11 is 0. The third-order valence-corrected chi connectivity index (χ3v) is 6.97. The summed E-state index contributed by atoms with van der Waals surface area (Å²) in [5, 5.41) is 0. The fraction of sp³-hybridized carbons (Fsp3) is 0.696. The Labute approximate surface area is 158 Å². The van der Waals surface area contributed by atoms with Crippen molar-refractivity contribution in [2.45, 2.75) is 69.8 Å². The number of piperidine rings is 3. The molecule has 4 fully saturated rings. The first-order chi connectivity index (χ1) is 12.8. The first kappa shape index (κ1) is 18.0. The van der Waals surface area contributed by atoms with Crippen LogP contribution in [-0.4, -0.2) is 36.6 Å². The van der Waals surface area contributed by atoms with E-state index >= 15 is 0 Å². The highest BCUT2D eigenvalue weighted by Gasteiger charge is 2.36. The van der Waals surface area contributed by atoms with Crippen LogP contribution < -0.4 is 0 Å². The lowest BCUT2D eigenvalue weighted by Gasteiger charge is -2.43. The van der Waals surface area contributed by atoms with E-state index in [1.54, 1.807) is 0 Å². The van der Waals surface area contributed by atoms with E-state index in [2.05, 4.69) is 35.2 Å². The molecule has 1 saturated carbocycles. The van der Waals surface area contributed by atoms with Crippen LogP contribution in [0.2, 0.25) is 0 Å². The molecule has 3 heterocycles. The second-order valence-electron chi connectivity index (χ2n) is 8.62. The Morgan fingerprint density at radius 3 is 2.54 bits per heavy atom. The zero-order chi connectivity index (χ0) is 17.8. The van der Waals surface area contributed by atoms with Gasteiger partial charge in [0.15, 0.2) is 0 Å². The Hall–Kier alpha value is -1.35. The first-order valence-corrected chi connectivity index (χ1v) is 10.8. The van der Waals surface area contributed by atoms with Crippen LogP contribution in [0.4, 0.5) is 0 Å². The number of carbonyl (C=O) groups excluding carboxylic acids is 1. The minimum atomic E-state index is 0.0378. The van der Waals surface area contributed by atoms with Crippen molar-refractivity contribution in [3.63, 3.8) is 0 Å². The van der Waals surface area contributed by atoms with Crippen molar-refractivity contribution < 1.29 is 9.53 Å². The number of nitrogens with zero attached hydrogens (tertiary/aromatic N) is 1. The van der Waals surface area contributed by atoms with Gasteiger partial charge in [-0.05, 0) is 74.9 Å². The minimum Gasteiger partial charge on any atom is -0.461 e. The summed E-state index contributed by atoms with van der Waals surface area (Å²) in [6.07, 6.45) is 10.6. The van der Waals surface area contributed by atoms with Crippen LogP contribution in [0.15, 0.2) is 30.3 Å². The number of fused-ring (bicyclic) bond motifs is 3. The van der Waals surface area contributed by atoms with Crippen molar-refractivity contribution in [3.05, 3.63) is 35.9 Å². The topological polar surface area (TPSA) is 29.5 Å². The van der Waals surface area contributed by atoms with Crippen molar-refractivity contribution in [1.82, 2.24) is 4.90 Å². The summed E-state index contributed by atoms with van der Waals surface area (Å²) < 4.78 is 5.85. The molecule has 0 amide bonds. The van der Waals surface area contributed by atoms with Crippen molar-refractivity contribution in [1.29, 1.82) is 0 Å². The molecular formula is C23H33NO2. The van der Waals surface area contributed by atoms with E-state index in [0.717, 1.165) is 25.3 Å². The molecule has 0 N–H and O–H groups in total. The maximum Gasteiger partial charge on any atom is 0.306 e. The molecule has 26 heavy (non-hydrogen) atoms. The monoisotopic (exact) mass is 355 g/mol. The molecule has 0 spiro atoms. The number of hydrogen-bond donors (Lipinski definition) is 0. The molecular weight excluding hydrogens is 322 g/mol. The highest BCUT2D eigenvalue weighted by atomic mass is 16.5. The lowest BCUT2D eigenvalue weighted by Crippen LogP contribution is -2.51. The molecule has 1 aromatic rings. The molecule has 1 aliphatic carbocycles. The van der Waals surface area contributed by atoms with E-state index in [1.165, 1.54) is 57.2 Å². The van der Waals surface area contributed by atoms with E-state index in [0.29, 0.717) is 18.3 Å². The van der Waals surface area contributed by atoms with Crippen molar-refractivity contribution in [3.8, 4) is 0 Å². The maximum atomic E-state index is 12.3. The predicted octanol–water partition coefficient (Wildman–Crippen LogP) is 4.77. The van der Waals surface area contributed by atoms with Gasteiger partial charge in [-0.2, -0.15) is 0 Å². The van der Waals surface area contributed by atoms with Crippen molar-refractivity contribution >= 4 is 5.97 Å². The summed E-state index contributed by atoms with van der Waals surface area (Å²) in [6, 6.07) is 11.0. The molecule has 0 aromatic heterocycles. The molecule has 0 radical (unpaired) electrons. The standard InChI is InChI=1S/C23H33NO2/c25-23(26-22-17-24-15-13-20(22)14-16-24)12-6-10-19-9-4-5-11-21(19)18-7-2-1-3-8-18/h1-3,7-8,19-22H,4-6,9-17H2/t19-,21+,22-/m0/s1. The summed E-state index contributed by atoms with van der Waals surface area (Å²) in [7, 11) is 0. The summed E-state index contributed by atoms with van der Waals surface area (Å²) in [5.41, 5.74) is 1.49. The van der Waals surface area contributed by atoms with Gasteiger partial charge >= 0.3 is 5.97 Å². The van der Waals surface area contributed by atoms with Gasteiger partial charge in [0, 0.05) is 13.0 Å². The van der Waals surface area contributed by atoms with E-state index in [1.807, 2.05) is 0 Å². The molecule has 142 valence electrons. The number of esters is 1. The van der Waals surface area contributed by atoms with E-state index in [9.17, 15) is 4.79 Å². The van der Waals surface area contributed by atoms with Gasteiger partial charge in [-0.3, -0.25) is 9.69 Å². The van der Waals surface area contributed by atoms with Gasteiger partial charge in [0.1, 0.15) is 6.10 Å². The smallest absolute Gasteiger partial charge is 0.306 e. The number of hydrogen-bond acceptors (Lipinski definition) is 3. The normalized spacial score (nSPS) is 33.8. The van der Waals surface area contributed by atoms with E-state index in [-0.39, 0.29) is 12.1 Å². The largest absolute Gasteiger partial charge is 0.461 e. The molecule has 1 aromatic carbocycles.